The summed E-state index contributed by atoms with van der Waals surface area (Å²) < 4.78 is 6.67. The number of nitrogens with one attached hydrogen (secondary N) is 1. The third-order valence-electron chi connectivity index (χ3n) is 6.52. The monoisotopic (exact) mass is 498 g/mol. The van der Waals surface area contributed by atoms with Gasteiger partial charge in [-0.15, -0.1) is 11.3 Å². The van der Waals surface area contributed by atoms with Gasteiger partial charge in [0.1, 0.15) is 6.61 Å². The molecule has 1 amide bonds. The van der Waals surface area contributed by atoms with Crippen molar-refractivity contribution in [3.05, 3.63) is 22.8 Å². The largest absolute Gasteiger partial charge is 0.387 e. The first-order valence-electron chi connectivity index (χ1n) is 11.8. The minimum absolute atomic E-state index is 0.202. The van der Waals surface area contributed by atoms with Gasteiger partial charge in [-0.3, -0.25) is 9.69 Å². The predicted octanol–water partition coefficient (Wildman–Crippen LogP) is 0.972. The van der Waals surface area contributed by atoms with E-state index in [1.54, 1.807) is 35.7 Å². The lowest BCUT2D eigenvalue weighted by Crippen LogP contribution is -2.49. The second-order valence-corrected chi connectivity index (χ2v) is 9.76. The van der Waals surface area contributed by atoms with Crippen LogP contribution >= 0.6 is 11.3 Å². The summed E-state index contributed by atoms with van der Waals surface area (Å²) in [5.74, 6) is 1.90. The van der Waals surface area contributed by atoms with Crippen molar-refractivity contribution >= 4 is 39.2 Å². The Bertz CT molecular complexity index is 1190. The van der Waals surface area contributed by atoms with Crippen molar-refractivity contribution in [2.75, 3.05) is 76.4 Å². The third kappa shape index (κ3) is 4.92. The number of nitrogens with zero attached hydrogens (tertiary/aromatic N) is 7. The number of aryl methyl sites for hydroxylation is 1. The molecule has 3 aromatic rings. The van der Waals surface area contributed by atoms with Gasteiger partial charge in [0, 0.05) is 70.1 Å². The molecule has 0 spiro atoms. The molecule has 2 aliphatic heterocycles. The van der Waals surface area contributed by atoms with Gasteiger partial charge in [-0.05, 0) is 12.5 Å². The number of aliphatic hydroxyl groups excluding tert-OH is 1. The maximum Gasteiger partial charge on any atom is 0.248 e. The van der Waals surface area contributed by atoms with Crippen LogP contribution in [0.5, 0.6) is 0 Å². The van der Waals surface area contributed by atoms with E-state index in [0.717, 1.165) is 59.9 Å². The van der Waals surface area contributed by atoms with Crippen LogP contribution in [0.4, 0.5) is 11.8 Å². The van der Waals surface area contributed by atoms with Crippen LogP contribution < -0.4 is 10.2 Å². The number of amides is 1. The number of ether oxygens (including phenoxy) is 1. The Morgan fingerprint density at radius 3 is 2.49 bits per heavy atom. The average Bonchev–Trinajstić information content (AvgIpc) is 3.23. The Balaban J connectivity index is 1.47. The van der Waals surface area contributed by atoms with E-state index < -0.39 is 6.61 Å². The highest BCUT2D eigenvalue weighted by molar-refractivity contribution is 7.19. The number of anilines is 2. The second-order valence-electron chi connectivity index (χ2n) is 8.66. The molecule has 12 heteroatoms. The Kier molecular flexibility index (Phi) is 7.04. The molecule has 2 saturated heterocycles. The fourth-order valence-corrected chi connectivity index (χ4v) is 5.72. The third-order valence-corrected chi connectivity index (χ3v) is 7.78. The zero-order valence-electron chi connectivity index (χ0n) is 20.0. The summed E-state index contributed by atoms with van der Waals surface area (Å²) in [5.41, 5.74) is 2.89. The standard InChI is InChI=1S/C23H30N8O3S/c1-15-17(13-29-3-5-30(6-4-29)18(33)14-32)35-20-19(15)27-21(16-11-25-23(24-2)26-12-16)28-22(20)31-7-9-34-10-8-31/h11-12,32H,3-10,13-14H2,1-2H3,(H,24,25,26). The SMILES string of the molecule is CNc1ncc(-c2nc(N3CCOCC3)c3sc(CN4CCN(C(=O)CO)CC4)c(C)c3n2)cn1. The summed E-state index contributed by atoms with van der Waals surface area (Å²) in [5, 5.41) is 12.1. The lowest BCUT2D eigenvalue weighted by atomic mass is 10.2. The van der Waals surface area contributed by atoms with E-state index in [2.05, 4.69) is 32.0 Å². The molecule has 0 aliphatic carbocycles. The van der Waals surface area contributed by atoms with Crippen molar-refractivity contribution in [3.63, 3.8) is 0 Å². The van der Waals surface area contributed by atoms with Gasteiger partial charge in [0.05, 0.1) is 29.0 Å². The number of morpholine rings is 1. The molecule has 35 heavy (non-hydrogen) atoms. The van der Waals surface area contributed by atoms with Gasteiger partial charge in [-0.25, -0.2) is 19.9 Å². The van der Waals surface area contributed by atoms with Crippen LogP contribution in [-0.2, 0) is 16.1 Å². The summed E-state index contributed by atoms with van der Waals surface area (Å²) in [6.07, 6.45) is 3.50. The minimum Gasteiger partial charge on any atom is -0.387 e. The first-order valence-corrected chi connectivity index (χ1v) is 12.6. The molecule has 0 aromatic carbocycles. The molecule has 0 saturated carbocycles. The summed E-state index contributed by atoms with van der Waals surface area (Å²) >= 11 is 1.75. The van der Waals surface area contributed by atoms with E-state index in [1.165, 1.54) is 4.88 Å². The number of piperazine rings is 1. The highest BCUT2D eigenvalue weighted by atomic mass is 32.1. The molecular weight excluding hydrogens is 468 g/mol. The number of hydrogen-bond donors (Lipinski definition) is 2. The Morgan fingerprint density at radius 1 is 1.11 bits per heavy atom. The Labute approximate surface area is 207 Å². The van der Waals surface area contributed by atoms with Crippen molar-refractivity contribution in [2.24, 2.45) is 0 Å². The maximum atomic E-state index is 11.8. The van der Waals surface area contributed by atoms with Crippen LogP contribution in [0.25, 0.3) is 21.6 Å². The topological polar surface area (TPSA) is 120 Å². The van der Waals surface area contributed by atoms with Gasteiger partial charge in [0.2, 0.25) is 11.9 Å². The Hall–Kier alpha value is -2.93. The molecule has 5 rings (SSSR count). The quantitative estimate of drug-likeness (QED) is 0.509. The van der Waals surface area contributed by atoms with E-state index in [4.69, 9.17) is 19.8 Å². The number of rotatable bonds is 6. The van der Waals surface area contributed by atoms with Crippen LogP contribution in [0.2, 0.25) is 0 Å². The number of thiophene rings is 1. The number of fused-ring (bicyclic) bond motifs is 1. The van der Waals surface area contributed by atoms with Crippen molar-refractivity contribution < 1.29 is 14.6 Å². The number of carbonyl (C=O) groups excluding carboxylic acids is 1. The molecule has 0 atom stereocenters. The van der Waals surface area contributed by atoms with E-state index in [1.807, 2.05) is 0 Å². The van der Waals surface area contributed by atoms with E-state index in [9.17, 15) is 4.79 Å². The zero-order chi connectivity index (χ0) is 24.4. The number of aromatic nitrogens is 4. The first kappa shape index (κ1) is 23.8. The second kappa shape index (κ2) is 10.4. The van der Waals surface area contributed by atoms with Crippen molar-refractivity contribution in [1.82, 2.24) is 29.7 Å². The van der Waals surface area contributed by atoms with Crippen LogP contribution in [0.1, 0.15) is 10.4 Å². The maximum absolute atomic E-state index is 11.8. The summed E-state index contributed by atoms with van der Waals surface area (Å²) in [4.78, 5) is 38.0. The van der Waals surface area contributed by atoms with Gasteiger partial charge in [0.15, 0.2) is 11.6 Å². The minimum atomic E-state index is -0.427. The lowest BCUT2D eigenvalue weighted by Gasteiger charge is -2.34. The van der Waals surface area contributed by atoms with Gasteiger partial charge in [0.25, 0.3) is 0 Å². The number of aliphatic hydroxyl groups is 1. The molecule has 0 radical (unpaired) electrons. The summed E-state index contributed by atoms with van der Waals surface area (Å²) in [6, 6.07) is 0. The van der Waals surface area contributed by atoms with Gasteiger partial charge in [-0.2, -0.15) is 0 Å². The molecular formula is C23H30N8O3S. The van der Waals surface area contributed by atoms with Crippen molar-refractivity contribution in [2.45, 2.75) is 13.5 Å². The molecule has 2 fully saturated rings. The van der Waals surface area contributed by atoms with Gasteiger partial charge in [-0.1, -0.05) is 0 Å². The van der Waals surface area contributed by atoms with Crippen LogP contribution in [-0.4, -0.2) is 107 Å². The molecule has 186 valence electrons. The summed E-state index contributed by atoms with van der Waals surface area (Å²) in [6.45, 7) is 8.24. The fourth-order valence-electron chi connectivity index (χ4n) is 4.42. The fraction of sp³-hybridized carbons (Fsp3) is 0.522. The molecule has 0 bridgehead atoms. The number of carbonyl (C=O) groups is 1. The molecule has 11 nitrogen and oxygen atoms in total. The highest BCUT2D eigenvalue weighted by Gasteiger charge is 2.25. The Morgan fingerprint density at radius 2 is 1.83 bits per heavy atom. The first-order chi connectivity index (χ1) is 17.1. The van der Waals surface area contributed by atoms with Crippen molar-refractivity contribution in [3.8, 4) is 11.4 Å². The molecule has 5 heterocycles. The zero-order valence-corrected chi connectivity index (χ0v) is 20.8. The molecule has 2 N–H and O–H groups in total. The van der Waals surface area contributed by atoms with Crippen molar-refractivity contribution in [1.29, 1.82) is 0 Å². The average molecular weight is 499 g/mol. The van der Waals surface area contributed by atoms with E-state index in [-0.39, 0.29) is 5.91 Å². The summed E-state index contributed by atoms with van der Waals surface area (Å²) in [7, 11) is 1.79. The molecule has 2 aliphatic rings. The van der Waals surface area contributed by atoms with Crippen LogP contribution in [0, 0.1) is 6.92 Å². The van der Waals surface area contributed by atoms with Gasteiger partial charge < -0.3 is 25.0 Å². The molecule has 0 unspecified atom stereocenters. The predicted molar refractivity (Wildman–Crippen MR) is 135 cm³/mol. The normalized spacial score (nSPS) is 17.2. The van der Waals surface area contributed by atoms with Crippen LogP contribution in [0.15, 0.2) is 12.4 Å². The van der Waals surface area contributed by atoms with E-state index in [0.29, 0.717) is 38.1 Å². The van der Waals surface area contributed by atoms with E-state index >= 15 is 0 Å². The van der Waals surface area contributed by atoms with Gasteiger partial charge >= 0.3 is 0 Å². The number of hydrogen-bond acceptors (Lipinski definition) is 11. The molecule has 3 aromatic heterocycles. The lowest BCUT2D eigenvalue weighted by molar-refractivity contribution is -0.135. The highest BCUT2D eigenvalue weighted by Crippen LogP contribution is 2.38. The van der Waals surface area contributed by atoms with Crippen LogP contribution in [0.3, 0.4) is 0 Å². The smallest absolute Gasteiger partial charge is 0.248 e.